The van der Waals surface area contributed by atoms with Gasteiger partial charge in [-0.15, -0.1) is 15.7 Å². The number of sulfonamides is 1. The van der Waals surface area contributed by atoms with Crippen molar-refractivity contribution < 1.29 is 13.2 Å². The summed E-state index contributed by atoms with van der Waals surface area (Å²) in [5.74, 6) is 0. The number of aldehydes is 1. The largest absolute Gasteiger partial charge is 0.303 e. The third kappa shape index (κ3) is 3.62. The van der Waals surface area contributed by atoms with Crippen LogP contribution in [0.5, 0.6) is 0 Å². The molecule has 0 saturated heterocycles. The summed E-state index contributed by atoms with van der Waals surface area (Å²) < 4.78 is 31.1. The maximum atomic E-state index is 12.5. The van der Waals surface area contributed by atoms with Gasteiger partial charge in [0.05, 0.1) is 4.34 Å². The fourth-order valence-electron chi connectivity index (χ4n) is 2.77. The highest BCUT2D eigenvalue weighted by Gasteiger charge is 2.24. The van der Waals surface area contributed by atoms with E-state index in [0.29, 0.717) is 15.5 Å². The number of hydrogen-bond donors (Lipinski definition) is 0. The summed E-state index contributed by atoms with van der Waals surface area (Å²) in [7, 11) is -3.89. The molecule has 0 atom stereocenters. The van der Waals surface area contributed by atoms with E-state index in [9.17, 15) is 13.2 Å². The van der Waals surface area contributed by atoms with E-state index in [1.165, 1.54) is 12.1 Å². The number of carbonyl (C=O) groups is 1. The third-order valence-electron chi connectivity index (χ3n) is 3.87. The summed E-state index contributed by atoms with van der Waals surface area (Å²) >= 11 is 14.1. The average molecular weight is 425 g/mol. The molecule has 0 unspecified atom stereocenters. The molecule has 0 amide bonds. The van der Waals surface area contributed by atoms with E-state index in [0.717, 1.165) is 54.8 Å². The molecule has 0 bridgehead atoms. The van der Waals surface area contributed by atoms with Gasteiger partial charge in [0, 0.05) is 6.04 Å². The van der Waals surface area contributed by atoms with E-state index in [1.807, 2.05) is 0 Å². The van der Waals surface area contributed by atoms with Crippen LogP contribution < -0.4 is 4.80 Å². The van der Waals surface area contributed by atoms with E-state index in [2.05, 4.69) is 4.40 Å². The van der Waals surface area contributed by atoms with Crippen molar-refractivity contribution in [1.82, 2.24) is 4.57 Å². The third-order valence-corrected chi connectivity index (χ3v) is 8.43. The number of halogens is 2. The smallest absolute Gasteiger partial charge is 0.294 e. The first-order chi connectivity index (χ1) is 11.4. The van der Waals surface area contributed by atoms with Gasteiger partial charge in [0.1, 0.15) is 14.2 Å². The highest BCUT2D eigenvalue weighted by atomic mass is 35.5. The zero-order chi connectivity index (χ0) is 17.3. The van der Waals surface area contributed by atoms with Gasteiger partial charge in [-0.05, 0) is 25.0 Å². The zero-order valence-electron chi connectivity index (χ0n) is 12.4. The fraction of sp³-hybridized carbons (Fsp3) is 0.429. The van der Waals surface area contributed by atoms with Crippen LogP contribution in [0, 0.1) is 0 Å². The van der Waals surface area contributed by atoms with Crippen LogP contribution in [-0.4, -0.2) is 19.3 Å². The van der Waals surface area contributed by atoms with Gasteiger partial charge in [0.25, 0.3) is 10.0 Å². The van der Waals surface area contributed by atoms with Gasteiger partial charge >= 0.3 is 0 Å². The number of hydrogen-bond acceptors (Lipinski definition) is 5. The Hall–Kier alpha value is -0.670. The molecule has 5 nitrogen and oxygen atoms in total. The Morgan fingerprint density at radius 3 is 2.46 bits per heavy atom. The van der Waals surface area contributed by atoms with Crippen molar-refractivity contribution in [2.45, 2.75) is 42.4 Å². The van der Waals surface area contributed by atoms with Gasteiger partial charge in [-0.1, -0.05) is 53.8 Å². The first-order valence-corrected chi connectivity index (χ1v) is 11.2. The Morgan fingerprint density at radius 1 is 1.17 bits per heavy atom. The highest BCUT2D eigenvalue weighted by Crippen LogP contribution is 2.32. The van der Waals surface area contributed by atoms with Crippen LogP contribution in [0.4, 0.5) is 0 Å². The second kappa shape index (κ2) is 7.29. The lowest BCUT2D eigenvalue weighted by Gasteiger charge is -2.23. The maximum Gasteiger partial charge on any atom is 0.294 e. The van der Waals surface area contributed by atoms with Crippen molar-refractivity contribution in [3.8, 4) is 0 Å². The van der Waals surface area contributed by atoms with Crippen LogP contribution in [0.25, 0.3) is 0 Å². The standard InChI is InChI=1S/C14H14Cl2N2O3S3/c15-11-6-7-12(23-11)24(20,21)17-14-18(9-4-2-1-3-5-9)13(16)10(8-19)22-14/h6-9H,1-5H2/b17-14+. The molecule has 1 fully saturated rings. The predicted octanol–water partition coefficient (Wildman–Crippen LogP) is 4.53. The molecule has 3 rings (SSSR count). The molecular weight excluding hydrogens is 411 g/mol. The minimum Gasteiger partial charge on any atom is -0.303 e. The number of aromatic nitrogens is 1. The first kappa shape index (κ1) is 18.1. The Kier molecular flexibility index (Phi) is 5.51. The topological polar surface area (TPSA) is 68.5 Å². The lowest BCUT2D eigenvalue weighted by Crippen LogP contribution is -2.24. The lowest BCUT2D eigenvalue weighted by molar-refractivity contribution is 0.112. The maximum absolute atomic E-state index is 12.5. The van der Waals surface area contributed by atoms with Crippen molar-refractivity contribution in [2.24, 2.45) is 4.40 Å². The SMILES string of the molecule is O=Cc1s/c(=N/S(=O)(=O)c2ccc(Cl)s2)n(C2CCCCC2)c1Cl. The first-order valence-electron chi connectivity index (χ1n) is 7.35. The van der Waals surface area contributed by atoms with Crippen molar-refractivity contribution in [1.29, 1.82) is 0 Å². The summed E-state index contributed by atoms with van der Waals surface area (Å²) in [4.78, 5) is 11.7. The Labute approximate surface area is 157 Å². The fourth-order valence-corrected chi connectivity index (χ4v) is 6.75. The number of nitrogens with zero attached hydrogens (tertiary/aromatic N) is 2. The zero-order valence-corrected chi connectivity index (χ0v) is 16.4. The van der Waals surface area contributed by atoms with Crippen molar-refractivity contribution in [2.75, 3.05) is 0 Å². The van der Waals surface area contributed by atoms with E-state index in [4.69, 9.17) is 23.2 Å². The van der Waals surface area contributed by atoms with Crippen molar-refractivity contribution >= 4 is 62.2 Å². The summed E-state index contributed by atoms with van der Waals surface area (Å²) in [5.41, 5.74) is 0. The van der Waals surface area contributed by atoms with Crippen LogP contribution in [0.2, 0.25) is 9.49 Å². The Bertz CT molecular complexity index is 921. The molecule has 1 saturated carbocycles. The molecule has 0 N–H and O–H groups in total. The van der Waals surface area contributed by atoms with Crippen molar-refractivity contribution in [3.05, 3.63) is 31.3 Å². The van der Waals surface area contributed by atoms with Crippen molar-refractivity contribution in [3.63, 3.8) is 0 Å². The molecular formula is C14H14Cl2N2O3S3. The lowest BCUT2D eigenvalue weighted by atomic mass is 9.95. The number of thiazole rings is 1. The van der Waals surface area contributed by atoms with Gasteiger partial charge in [0.2, 0.25) is 4.80 Å². The molecule has 1 aliphatic rings. The molecule has 24 heavy (non-hydrogen) atoms. The minimum absolute atomic E-state index is 0.0667. The van der Waals surface area contributed by atoms with E-state index in [-0.39, 0.29) is 20.2 Å². The van der Waals surface area contributed by atoms with E-state index >= 15 is 0 Å². The van der Waals surface area contributed by atoms with Gasteiger partial charge in [-0.25, -0.2) is 0 Å². The molecule has 0 aromatic carbocycles. The van der Waals surface area contributed by atoms with Gasteiger partial charge in [0.15, 0.2) is 6.29 Å². The van der Waals surface area contributed by atoms with Crippen LogP contribution >= 0.6 is 45.9 Å². The van der Waals surface area contributed by atoms with E-state index in [1.54, 1.807) is 4.57 Å². The van der Waals surface area contributed by atoms with Crippen LogP contribution in [0.3, 0.4) is 0 Å². The predicted molar refractivity (Wildman–Crippen MR) is 96.9 cm³/mol. The monoisotopic (exact) mass is 424 g/mol. The molecule has 130 valence electrons. The summed E-state index contributed by atoms with van der Waals surface area (Å²) in [5, 5.41) is 0.264. The number of thiophene rings is 1. The second-order valence-corrected chi connectivity index (χ2v) is 10.4. The molecule has 0 spiro atoms. The molecule has 0 radical (unpaired) electrons. The number of carbonyl (C=O) groups excluding carboxylic acids is 1. The van der Waals surface area contributed by atoms with Crippen LogP contribution in [-0.2, 0) is 10.0 Å². The summed E-state index contributed by atoms with van der Waals surface area (Å²) in [6, 6.07) is 3.01. The molecule has 2 aromatic rings. The molecule has 1 aliphatic carbocycles. The normalized spacial score (nSPS) is 17.3. The summed E-state index contributed by atoms with van der Waals surface area (Å²) in [6.07, 6.45) is 5.68. The molecule has 2 aromatic heterocycles. The molecule has 2 heterocycles. The second-order valence-electron chi connectivity index (χ2n) is 5.44. The molecule has 10 heteroatoms. The van der Waals surface area contributed by atoms with Gasteiger partial charge < -0.3 is 4.57 Å². The Balaban J connectivity index is 2.14. The van der Waals surface area contributed by atoms with Gasteiger partial charge in [-0.2, -0.15) is 8.42 Å². The van der Waals surface area contributed by atoms with Gasteiger partial charge in [-0.3, -0.25) is 4.79 Å². The van der Waals surface area contributed by atoms with E-state index < -0.39 is 10.0 Å². The average Bonchev–Trinajstić information content (AvgIpc) is 3.12. The molecule has 0 aliphatic heterocycles. The highest BCUT2D eigenvalue weighted by molar-refractivity contribution is 7.92. The summed E-state index contributed by atoms with van der Waals surface area (Å²) in [6.45, 7) is 0. The van der Waals surface area contributed by atoms with Crippen LogP contribution in [0.1, 0.15) is 47.8 Å². The Morgan fingerprint density at radius 2 is 1.88 bits per heavy atom. The van der Waals surface area contributed by atoms with Crippen LogP contribution in [0.15, 0.2) is 20.7 Å². The number of rotatable bonds is 4. The minimum atomic E-state index is -3.89. The quantitative estimate of drug-likeness (QED) is 0.676.